The molecular weight excluding hydrogens is 231 g/mol. The summed E-state index contributed by atoms with van der Waals surface area (Å²) in [6.45, 7) is 1.46. The summed E-state index contributed by atoms with van der Waals surface area (Å²) in [5.41, 5.74) is 5.87. The van der Waals surface area contributed by atoms with E-state index in [0.717, 1.165) is 13.0 Å². The van der Waals surface area contributed by atoms with E-state index >= 15 is 0 Å². The van der Waals surface area contributed by atoms with Gasteiger partial charge in [-0.2, -0.15) is 0 Å². The molecule has 0 amide bonds. The molecule has 0 aliphatic heterocycles. The number of nitrogens with zero attached hydrogens (tertiary/aromatic N) is 1. The standard InChI is InChI=1S/C11H16ClFN2O/c1-15(2)4-3-5-16-11-6-8(12)9(13)7-10(11)14/h6-7H,3-5,14H2,1-2H3. The lowest BCUT2D eigenvalue weighted by Gasteiger charge is -2.12. The van der Waals surface area contributed by atoms with Crippen LogP contribution in [-0.4, -0.2) is 32.1 Å². The number of nitrogens with two attached hydrogens (primary N) is 1. The number of rotatable bonds is 5. The lowest BCUT2D eigenvalue weighted by molar-refractivity contribution is 0.282. The summed E-state index contributed by atoms with van der Waals surface area (Å²) in [4.78, 5) is 2.06. The zero-order chi connectivity index (χ0) is 12.1. The third-order valence-electron chi connectivity index (χ3n) is 2.06. The highest BCUT2D eigenvalue weighted by molar-refractivity contribution is 6.31. The van der Waals surface area contributed by atoms with E-state index in [4.69, 9.17) is 22.1 Å². The Balaban J connectivity index is 2.51. The van der Waals surface area contributed by atoms with Crippen LogP contribution in [0, 0.1) is 5.82 Å². The van der Waals surface area contributed by atoms with Crippen molar-refractivity contribution < 1.29 is 9.13 Å². The van der Waals surface area contributed by atoms with Crippen LogP contribution in [0.3, 0.4) is 0 Å². The second-order valence-electron chi connectivity index (χ2n) is 3.81. The van der Waals surface area contributed by atoms with Crippen molar-refractivity contribution in [3.8, 4) is 5.75 Å². The van der Waals surface area contributed by atoms with Crippen molar-refractivity contribution in [2.45, 2.75) is 6.42 Å². The van der Waals surface area contributed by atoms with Gasteiger partial charge in [0.2, 0.25) is 0 Å². The van der Waals surface area contributed by atoms with Crippen LogP contribution in [-0.2, 0) is 0 Å². The van der Waals surface area contributed by atoms with E-state index in [1.807, 2.05) is 14.1 Å². The van der Waals surface area contributed by atoms with Crippen molar-refractivity contribution in [3.63, 3.8) is 0 Å². The molecule has 90 valence electrons. The molecular formula is C11H16ClFN2O. The van der Waals surface area contributed by atoms with E-state index in [9.17, 15) is 4.39 Å². The number of ether oxygens (including phenoxy) is 1. The lowest BCUT2D eigenvalue weighted by Crippen LogP contribution is -2.15. The van der Waals surface area contributed by atoms with E-state index in [2.05, 4.69) is 4.90 Å². The van der Waals surface area contributed by atoms with E-state index in [1.165, 1.54) is 12.1 Å². The first-order valence-electron chi connectivity index (χ1n) is 5.02. The molecule has 0 saturated carbocycles. The van der Waals surface area contributed by atoms with Gasteiger partial charge in [0.1, 0.15) is 11.6 Å². The largest absolute Gasteiger partial charge is 0.491 e. The topological polar surface area (TPSA) is 38.5 Å². The third kappa shape index (κ3) is 3.87. The fourth-order valence-corrected chi connectivity index (χ4v) is 1.39. The van der Waals surface area contributed by atoms with Crippen LogP contribution < -0.4 is 10.5 Å². The summed E-state index contributed by atoms with van der Waals surface area (Å²) < 4.78 is 18.4. The maximum atomic E-state index is 13.0. The Hall–Kier alpha value is -1.00. The monoisotopic (exact) mass is 246 g/mol. The number of anilines is 1. The van der Waals surface area contributed by atoms with Crippen molar-refractivity contribution >= 4 is 17.3 Å². The van der Waals surface area contributed by atoms with Gasteiger partial charge < -0.3 is 15.4 Å². The van der Waals surface area contributed by atoms with Crippen molar-refractivity contribution in [3.05, 3.63) is 23.0 Å². The maximum absolute atomic E-state index is 13.0. The number of hydrogen-bond donors (Lipinski definition) is 1. The molecule has 2 N–H and O–H groups in total. The Morgan fingerprint density at radius 1 is 1.44 bits per heavy atom. The summed E-state index contributed by atoms with van der Waals surface area (Å²) in [6, 6.07) is 2.57. The fraction of sp³-hybridized carbons (Fsp3) is 0.455. The molecule has 0 aliphatic rings. The van der Waals surface area contributed by atoms with Crippen molar-refractivity contribution in [1.82, 2.24) is 4.90 Å². The van der Waals surface area contributed by atoms with Gasteiger partial charge in [0.25, 0.3) is 0 Å². The normalized spacial score (nSPS) is 10.8. The molecule has 0 aromatic heterocycles. The molecule has 3 nitrogen and oxygen atoms in total. The van der Waals surface area contributed by atoms with Crippen LogP contribution in [0.2, 0.25) is 5.02 Å². The van der Waals surface area contributed by atoms with Crippen LogP contribution in [0.15, 0.2) is 12.1 Å². The molecule has 0 radical (unpaired) electrons. The molecule has 1 aromatic rings. The van der Waals surface area contributed by atoms with Gasteiger partial charge in [0.05, 0.1) is 17.3 Å². The third-order valence-corrected chi connectivity index (χ3v) is 2.35. The van der Waals surface area contributed by atoms with Gasteiger partial charge in [-0.25, -0.2) is 4.39 Å². The van der Waals surface area contributed by atoms with Gasteiger partial charge in [-0.1, -0.05) is 11.6 Å². The molecule has 0 unspecified atom stereocenters. The molecule has 0 aliphatic carbocycles. The SMILES string of the molecule is CN(C)CCCOc1cc(Cl)c(F)cc1N. The minimum absolute atomic E-state index is 0.0248. The van der Waals surface area contributed by atoms with E-state index in [1.54, 1.807) is 0 Å². The summed E-state index contributed by atoms with van der Waals surface area (Å²) in [5, 5.41) is 0.0248. The Kier molecular flexibility index (Phi) is 4.83. The van der Waals surface area contributed by atoms with Crippen LogP contribution in [0.1, 0.15) is 6.42 Å². The minimum Gasteiger partial charge on any atom is -0.491 e. The van der Waals surface area contributed by atoms with E-state index in [-0.39, 0.29) is 10.7 Å². The van der Waals surface area contributed by atoms with Crippen LogP contribution in [0.25, 0.3) is 0 Å². The summed E-state index contributed by atoms with van der Waals surface area (Å²) in [5.74, 6) is -0.0926. The van der Waals surface area contributed by atoms with Gasteiger partial charge in [0.15, 0.2) is 0 Å². The molecule has 0 saturated heterocycles. The molecule has 0 spiro atoms. The van der Waals surface area contributed by atoms with Crippen molar-refractivity contribution in [1.29, 1.82) is 0 Å². The fourth-order valence-electron chi connectivity index (χ4n) is 1.23. The number of benzene rings is 1. The molecule has 0 fully saturated rings. The average Bonchev–Trinajstić information content (AvgIpc) is 2.19. The summed E-state index contributed by atoms with van der Waals surface area (Å²) >= 11 is 5.63. The number of halogens is 2. The molecule has 16 heavy (non-hydrogen) atoms. The van der Waals surface area contributed by atoms with Gasteiger partial charge in [-0.05, 0) is 20.5 Å². The minimum atomic E-state index is -0.528. The summed E-state index contributed by atoms with van der Waals surface area (Å²) in [7, 11) is 3.98. The average molecular weight is 247 g/mol. The molecule has 5 heteroatoms. The molecule has 1 aromatic carbocycles. The van der Waals surface area contributed by atoms with Crippen LogP contribution >= 0.6 is 11.6 Å². The second-order valence-corrected chi connectivity index (χ2v) is 4.22. The van der Waals surface area contributed by atoms with E-state index in [0.29, 0.717) is 12.4 Å². The second kappa shape index (κ2) is 5.92. The first-order valence-corrected chi connectivity index (χ1v) is 5.40. The van der Waals surface area contributed by atoms with E-state index < -0.39 is 5.82 Å². The summed E-state index contributed by atoms with van der Waals surface area (Å²) in [6.07, 6.45) is 0.876. The lowest BCUT2D eigenvalue weighted by atomic mass is 10.3. The smallest absolute Gasteiger partial charge is 0.144 e. The zero-order valence-electron chi connectivity index (χ0n) is 9.46. The Morgan fingerprint density at radius 3 is 2.75 bits per heavy atom. The Morgan fingerprint density at radius 2 is 2.12 bits per heavy atom. The van der Waals surface area contributed by atoms with Gasteiger partial charge in [-0.3, -0.25) is 0 Å². The molecule has 0 heterocycles. The first-order chi connectivity index (χ1) is 7.50. The highest BCUT2D eigenvalue weighted by Gasteiger charge is 2.07. The highest BCUT2D eigenvalue weighted by Crippen LogP contribution is 2.28. The van der Waals surface area contributed by atoms with Crippen LogP contribution in [0.5, 0.6) is 5.75 Å². The molecule has 0 atom stereocenters. The highest BCUT2D eigenvalue weighted by atomic mass is 35.5. The maximum Gasteiger partial charge on any atom is 0.144 e. The molecule has 1 rings (SSSR count). The van der Waals surface area contributed by atoms with Gasteiger partial charge >= 0.3 is 0 Å². The predicted molar refractivity (Wildman–Crippen MR) is 64.5 cm³/mol. The Bertz CT molecular complexity index is 358. The Labute approximate surface area is 99.9 Å². The number of hydrogen-bond acceptors (Lipinski definition) is 3. The predicted octanol–water partition coefficient (Wildman–Crippen LogP) is 2.39. The first kappa shape index (κ1) is 13.1. The quantitative estimate of drug-likeness (QED) is 0.641. The van der Waals surface area contributed by atoms with Gasteiger partial charge in [0, 0.05) is 18.7 Å². The van der Waals surface area contributed by atoms with Crippen molar-refractivity contribution in [2.75, 3.05) is 33.0 Å². The number of nitrogen functional groups attached to an aromatic ring is 1. The zero-order valence-corrected chi connectivity index (χ0v) is 10.2. The van der Waals surface area contributed by atoms with Crippen molar-refractivity contribution in [2.24, 2.45) is 0 Å². The van der Waals surface area contributed by atoms with Crippen LogP contribution in [0.4, 0.5) is 10.1 Å². The molecule has 0 bridgehead atoms. The van der Waals surface area contributed by atoms with Gasteiger partial charge in [-0.15, -0.1) is 0 Å².